The Morgan fingerprint density at radius 1 is 1.28 bits per heavy atom. The molecule has 3 N–H and O–H groups in total. The molecule has 4 unspecified atom stereocenters. The molecular weight excluding hydrogens is 343 g/mol. The molecule has 0 radical (unpaired) electrons. The predicted molar refractivity (Wildman–Crippen MR) is 98.1 cm³/mol. The Labute approximate surface area is 155 Å². The Morgan fingerprint density at radius 3 is 2.48 bits per heavy atom. The zero-order valence-corrected chi connectivity index (χ0v) is 15.4. The van der Waals surface area contributed by atoms with Crippen molar-refractivity contribution in [1.29, 1.82) is 0 Å². The van der Waals surface area contributed by atoms with Gasteiger partial charge in [-0.15, -0.1) is 12.4 Å². The highest BCUT2D eigenvalue weighted by Gasteiger charge is 2.34. The number of rotatable bonds is 6. The van der Waals surface area contributed by atoms with Gasteiger partial charge < -0.3 is 15.7 Å². The van der Waals surface area contributed by atoms with E-state index in [1.165, 1.54) is 25.0 Å². The van der Waals surface area contributed by atoms with E-state index in [1.54, 1.807) is 12.1 Å². The van der Waals surface area contributed by atoms with Gasteiger partial charge in [0.25, 0.3) is 0 Å². The molecule has 4 nitrogen and oxygen atoms in total. The number of aliphatic hydroxyl groups is 1. The lowest BCUT2D eigenvalue weighted by Gasteiger charge is -2.29. The summed E-state index contributed by atoms with van der Waals surface area (Å²) in [6.07, 6.45) is 4.97. The molecule has 2 aliphatic rings. The monoisotopic (exact) mass is 370 g/mol. The summed E-state index contributed by atoms with van der Waals surface area (Å²) in [5, 5.41) is 16.8. The summed E-state index contributed by atoms with van der Waals surface area (Å²) >= 11 is 0. The molecule has 4 atom stereocenters. The van der Waals surface area contributed by atoms with Gasteiger partial charge >= 0.3 is 0 Å². The van der Waals surface area contributed by atoms with Gasteiger partial charge in [-0.25, -0.2) is 4.39 Å². The minimum atomic E-state index is -0.698. The maximum absolute atomic E-state index is 12.9. The van der Waals surface area contributed by atoms with Crippen molar-refractivity contribution in [3.63, 3.8) is 0 Å². The van der Waals surface area contributed by atoms with Crippen LogP contribution in [0.4, 0.5) is 4.39 Å². The number of halogens is 2. The molecular formula is C19H28ClFN2O2. The van der Waals surface area contributed by atoms with Gasteiger partial charge in [0.1, 0.15) is 5.82 Å². The first-order valence-electron chi connectivity index (χ1n) is 8.98. The van der Waals surface area contributed by atoms with Gasteiger partial charge in [0.15, 0.2) is 0 Å². The lowest BCUT2D eigenvalue weighted by molar-refractivity contribution is -0.123. The van der Waals surface area contributed by atoms with Crippen LogP contribution in [-0.2, 0) is 4.79 Å². The number of benzene rings is 1. The molecule has 1 aromatic carbocycles. The summed E-state index contributed by atoms with van der Waals surface area (Å²) in [4.78, 5) is 12.3. The predicted octanol–water partition coefficient (Wildman–Crippen LogP) is 3.10. The van der Waals surface area contributed by atoms with Crippen LogP contribution in [-0.4, -0.2) is 29.1 Å². The van der Waals surface area contributed by atoms with Crippen LogP contribution in [0.5, 0.6) is 0 Å². The smallest absolute Gasteiger partial charge is 0.220 e. The Bertz CT molecular complexity index is 557. The minimum absolute atomic E-state index is 0. The number of amides is 1. The average molecular weight is 371 g/mol. The molecule has 0 aliphatic carbocycles. The maximum atomic E-state index is 12.9. The Morgan fingerprint density at radius 2 is 1.88 bits per heavy atom. The highest BCUT2D eigenvalue weighted by molar-refractivity contribution is 5.85. The number of hydrogen-bond donors (Lipinski definition) is 3. The van der Waals surface area contributed by atoms with Crippen molar-refractivity contribution < 1.29 is 14.3 Å². The van der Waals surface area contributed by atoms with Crippen molar-refractivity contribution in [3.05, 3.63) is 35.6 Å². The van der Waals surface area contributed by atoms with E-state index in [0.29, 0.717) is 36.4 Å². The molecule has 1 aromatic rings. The number of nitrogens with one attached hydrogen (secondary N) is 2. The van der Waals surface area contributed by atoms with Crippen molar-refractivity contribution in [2.75, 3.05) is 0 Å². The molecule has 0 aromatic heterocycles. The van der Waals surface area contributed by atoms with Crippen LogP contribution in [0.25, 0.3) is 0 Å². The Kier molecular flexibility index (Phi) is 7.23. The van der Waals surface area contributed by atoms with Gasteiger partial charge in [0, 0.05) is 24.5 Å². The Balaban J connectivity index is 0.00000225. The highest BCUT2D eigenvalue weighted by Crippen LogP contribution is 2.32. The van der Waals surface area contributed by atoms with Crippen molar-refractivity contribution in [2.24, 2.45) is 5.92 Å². The summed E-state index contributed by atoms with van der Waals surface area (Å²) in [5.74, 6) is 0.223. The molecule has 6 heteroatoms. The van der Waals surface area contributed by atoms with Crippen LogP contribution < -0.4 is 10.6 Å². The number of piperidine rings is 1. The van der Waals surface area contributed by atoms with Gasteiger partial charge in [-0.2, -0.15) is 0 Å². The normalized spacial score (nSPS) is 27.2. The third kappa shape index (κ3) is 5.66. The molecule has 2 saturated heterocycles. The lowest BCUT2D eigenvalue weighted by atomic mass is 9.89. The van der Waals surface area contributed by atoms with Crippen LogP contribution in [0.3, 0.4) is 0 Å². The number of carbonyl (C=O) groups excluding carboxylic acids is 1. The van der Waals surface area contributed by atoms with Gasteiger partial charge in [-0.1, -0.05) is 12.1 Å². The van der Waals surface area contributed by atoms with Crippen molar-refractivity contribution in [3.8, 4) is 0 Å². The van der Waals surface area contributed by atoms with Crippen molar-refractivity contribution in [2.45, 2.75) is 69.7 Å². The molecule has 2 fully saturated rings. The summed E-state index contributed by atoms with van der Waals surface area (Å²) in [6.45, 7) is 1.90. The van der Waals surface area contributed by atoms with Crippen LogP contribution in [0.15, 0.2) is 24.3 Å². The topological polar surface area (TPSA) is 61.4 Å². The SMILES string of the molecule is CC(CC(O)c1ccc(F)cc1)NC(=O)CC1CC2CCC(C1)N2.Cl. The molecule has 2 bridgehead atoms. The fourth-order valence-corrected chi connectivity index (χ4v) is 4.15. The summed E-state index contributed by atoms with van der Waals surface area (Å²) in [6, 6.07) is 6.92. The van der Waals surface area contributed by atoms with Crippen LogP contribution in [0.1, 0.15) is 57.1 Å². The molecule has 25 heavy (non-hydrogen) atoms. The lowest BCUT2D eigenvalue weighted by Crippen LogP contribution is -2.41. The fraction of sp³-hybridized carbons (Fsp3) is 0.632. The fourth-order valence-electron chi connectivity index (χ4n) is 4.15. The zero-order valence-electron chi connectivity index (χ0n) is 14.6. The summed E-state index contributed by atoms with van der Waals surface area (Å²) < 4.78 is 12.9. The van der Waals surface area contributed by atoms with Gasteiger partial charge in [0.05, 0.1) is 6.10 Å². The summed E-state index contributed by atoms with van der Waals surface area (Å²) in [7, 11) is 0. The quantitative estimate of drug-likeness (QED) is 0.721. The molecule has 140 valence electrons. The van der Waals surface area contributed by atoms with Gasteiger partial charge in [-0.3, -0.25) is 4.79 Å². The molecule has 1 amide bonds. The number of fused-ring (bicyclic) bond motifs is 2. The first kappa shape index (κ1) is 20.1. The number of hydrogen-bond acceptors (Lipinski definition) is 3. The van der Waals surface area contributed by atoms with E-state index in [4.69, 9.17) is 0 Å². The van der Waals surface area contributed by atoms with E-state index in [-0.39, 0.29) is 30.2 Å². The second-order valence-corrected chi connectivity index (χ2v) is 7.45. The third-order valence-corrected chi connectivity index (χ3v) is 5.28. The number of carbonyl (C=O) groups is 1. The Hall–Kier alpha value is -1.17. The third-order valence-electron chi connectivity index (χ3n) is 5.28. The second-order valence-electron chi connectivity index (χ2n) is 7.45. The first-order chi connectivity index (χ1) is 11.5. The standard InChI is InChI=1S/C19H27FN2O2.ClH/c1-12(8-18(23)14-2-4-15(20)5-3-14)21-19(24)11-13-9-16-6-7-17(10-13)22-16;/h2-5,12-13,16-18,22-23H,6-11H2,1H3,(H,21,24);1H. The largest absolute Gasteiger partial charge is 0.388 e. The van der Waals surface area contributed by atoms with Crippen molar-refractivity contribution >= 4 is 18.3 Å². The summed E-state index contributed by atoms with van der Waals surface area (Å²) in [5.41, 5.74) is 0.674. The molecule has 0 saturated carbocycles. The van der Waals surface area contributed by atoms with Crippen LogP contribution in [0, 0.1) is 11.7 Å². The van der Waals surface area contributed by atoms with Crippen LogP contribution >= 0.6 is 12.4 Å². The first-order valence-corrected chi connectivity index (χ1v) is 8.98. The molecule has 3 rings (SSSR count). The van der Waals surface area contributed by atoms with E-state index in [0.717, 1.165) is 12.8 Å². The van der Waals surface area contributed by atoms with E-state index in [1.807, 2.05) is 6.92 Å². The minimum Gasteiger partial charge on any atom is -0.388 e. The van der Waals surface area contributed by atoms with E-state index >= 15 is 0 Å². The maximum Gasteiger partial charge on any atom is 0.220 e. The van der Waals surface area contributed by atoms with E-state index < -0.39 is 6.10 Å². The van der Waals surface area contributed by atoms with Gasteiger partial charge in [0.2, 0.25) is 5.91 Å². The number of aliphatic hydroxyl groups excluding tert-OH is 1. The highest BCUT2D eigenvalue weighted by atomic mass is 35.5. The van der Waals surface area contributed by atoms with E-state index in [9.17, 15) is 14.3 Å². The molecule has 0 spiro atoms. The molecule has 2 heterocycles. The van der Waals surface area contributed by atoms with Crippen LogP contribution in [0.2, 0.25) is 0 Å². The van der Waals surface area contributed by atoms with Crippen molar-refractivity contribution in [1.82, 2.24) is 10.6 Å². The zero-order chi connectivity index (χ0) is 17.1. The molecule has 2 aliphatic heterocycles. The van der Waals surface area contributed by atoms with E-state index in [2.05, 4.69) is 10.6 Å². The average Bonchev–Trinajstić information content (AvgIpc) is 2.86. The second kappa shape index (κ2) is 8.97. The van der Waals surface area contributed by atoms with Gasteiger partial charge in [-0.05, 0) is 62.6 Å².